The van der Waals surface area contributed by atoms with Crippen LogP contribution in [0.1, 0.15) is 48.6 Å². The molecule has 94 valence electrons. The molecule has 3 rings (SSSR count). The number of nitriles is 1. The van der Waals surface area contributed by atoms with Crippen LogP contribution in [-0.2, 0) is 11.2 Å². The van der Waals surface area contributed by atoms with Gasteiger partial charge >= 0.3 is 0 Å². The maximum absolute atomic E-state index is 12.2. The van der Waals surface area contributed by atoms with Gasteiger partial charge in [0.1, 0.15) is 5.41 Å². The summed E-state index contributed by atoms with van der Waals surface area (Å²) in [5, 5.41) is 14.4. The Balaban J connectivity index is 1.75. The van der Waals surface area contributed by atoms with Crippen LogP contribution in [0.15, 0.2) is 11.4 Å². The first-order chi connectivity index (χ1) is 8.75. The summed E-state index contributed by atoms with van der Waals surface area (Å²) in [6.45, 7) is 0. The highest BCUT2D eigenvalue weighted by Crippen LogP contribution is 2.42. The second kappa shape index (κ2) is 4.40. The Bertz CT molecular complexity index is 510. The number of amides is 1. The second-order valence-electron chi connectivity index (χ2n) is 5.26. The number of hydrogen-bond donors (Lipinski definition) is 1. The quantitative estimate of drug-likeness (QED) is 0.888. The minimum Gasteiger partial charge on any atom is -0.348 e. The lowest BCUT2D eigenvalue weighted by molar-refractivity contribution is -0.132. The van der Waals surface area contributed by atoms with E-state index in [-0.39, 0.29) is 11.9 Å². The molecule has 1 aromatic heterocycles. The molecule has 1 aromatic rings. The largest absolute Gasteiger partial charge is 0.348 e. The second-order valence-corrected chi connectivity index (χ2v) is 6.27. The summed E-state index contributed by atoms with van der Waals surface area (Å²) in [6, 6.07) is 4.45. The summed E-state index contributed by atoms with van der Waals surface area (Å²) < 4.78 is 0. The molecule has 1 fully saturated rings. The zero-order valence-corrected chi connectivity index (χ0v) is 11.1. The lowest BCUT2D eigenvalue weighted by Gasteiger charge is -2.35. The lowest BCUT2D eigenvalue weighted by atomic mass is 9.69. The Labute approximate surface area is 111 Å². The standard InChI is InChI=1S/C14H16N2OS/c15-9-14(6-2-7-14)13(17)16-11-3-1-4-12-10(11)5-8-18-12/h5,8,11H,1-4,6-7H2,(H,16,17). The fourth-order valence-corrected chi connectivity index (χ4v) is 3.84. The number of aryl methyl sites for hydroxylation is 1. The molecule has 0 radical (unpaired) electrons. The fourth-order valence-electron chi connectivity index (χ4n) is 2.85. The first-order valence-electron chi connectivity index (χ1n) is 6.54. The van der Waals surface area contributed by atoms with Gasteiger partial charge in [-0.2, -0.15) is 5.26 Å². The Morgan fingerprint density at radius 3 is 3.00 bits per heavy atom. The summed E-state index contributed by atoms with van der Waals surface area (Å²) in [5.74, 6) is -0.0553. The van der Waals surface area contributed by atoms with Gasteiger partial charge < -0.3 is 5.32 Å². The summed E-state index contributed by atoms with van der Waals surface area (Å²) in [4.78, 5) is 13.6. The van der Waals surface area contributed by atoms with Crippen molar-refractivity contribution in [2.75, 3.05) is 0 Å². The van der Waals surface area contributed by atoms with Crippen molar-refractivity contribution in [3.05, 3.63) is 21.9 Å². The van der Waals surface area contributed by atoms with Crippen molar-refractivity contribution < 1.29 is 4.79 Å². The molecule has 0 bridgehead atoms. The molecule has 4 heteroatoms. The van der Waals surface area contributed by atoms with E-state index >= 15 is 0 Å². The highest BCUT2D eigenvalue weighted by Gasteiger charge is 2.45. The molecule has 1 atom stereocenters. The average molecular weight is 260 g/mol. The van der Waals surface area contributed by atoms with E-state index in [9.17, 15) is 10.1 Å². The van der Waals surface area contributed by atoms with Gasteiger partial charge in [-0.25, -0.2) is 0 Å². The van der Waals surface area contributed by atoms with Gasteiger partial charge in [-0.05, 0) is 55.5 Å². The molecule has 2 aliphatic carbocycles. The Morgan fingerprint density at radius 1 is 1.50 bits per heavy atom. The van der Waals surface area contributed by atoms with Crippen LogP contribution in [0.2, 0.25) is 0 Å². The molecule has 1 unspecified atom stereocenters. The Kier molecular flexibility index (Phi) is 2.87. The first kappa shape index (κ1) is 11.7. The number of thiophene rings is 1. The first-order valence-corrected chi connectivity index (χ1v) is 7.42. The van der Waals surface area contributed by atoms with Crippen LogP contribution in [0.25, 0.3) is 0 Å². The number of carbonyl (C=O) groups is 1. The third-order valence-electron chi connectivity index (χ3n) is 4.21. The van der Waals surface area contributed by atoms with Crippen molar-refractivity contribution in [1.29, 1.82) is 5.26 Å². The average Bonchev–Trinajstić information content (AvgIpc) is 2.77. The molecule has 18 heavy (non-hydrogen) atoms. The number of nitrogens with one attached hydrogen (secondary N) is 1. The van der Waals surface area contributed by atoms with E-state index in [1.165, 1.54) is 10.4 Å². The van der Waals surface area contributed by atoms with Crippen molar-refractivity contribution in [2.45, 2.75) is 44.6 Å². The normalized spacial score (nSPS) is 24.5. The van der Waals surface area contributed by atoms with Gasteiger partial charge in [-0.1, -0.05) is 0 Å². The van der Waals surface area contributed by atoms with E-state index in [1.54, 1.807) is 11.3 Å². The maximum atomic E-state index is 12.2. The molecule has 1 N–H and O–H groups in total. The molecule has 0 spiro atoms. The smallest absolute Gasteiger partial charge is 0.240 e. The maximum Gasteiger partial charge on any atom is 0.240 e. The number of carbonyl (C=O) groups excluding carboxylic acids is 1. The summed E-state index contributed by atoms with van der Waals surface area (Å²) in [6.07, 6.45) is 5.68. The van der Waals surface area contributed by atoms with Crippen LogP contribution in [0.3, 0.4) is 0 Å². The molecule has 3 nitrogen and oxygen atoms in total. The monoisotopic (exact) mass is 260 g/mol. The SMILES string of the molecule is N#CC1(C(=O)NC2CCCc3sccc32)CCC1. The molecule has 0 aromatic carbocycles. The molecule has 1 saturated carbocycles. The minimum absolute atomic E-state index is 0.0553. The van der Waals surface area contributed by atoms with E-state index < -0.39 is 5.41 Å². The molecule has 0 saturated heterocycles. The van der Waals surface area contributed by atoms with E-state index in [0.29, 0.717) is 0 Å². The highest BCUT2D eigenvalue weighted by molar-refractivity contribution is 7.10. The van der Waals surface area contributed by atoms with Crippen LogP contribution in [0, 0.1) is 16.7 Å². The topological polar surface area (TPSA) is 52.9 Å². The van der Waals surface area contributed by atoms with Crippen LogP contribution in [0.4, 0.5) is 0 Å². The number of hydrogen-bond acceptors (Lipinski definition) is 3. The third-order valence-corrected chi connectivity index (χ3v) is 5.21. The van der Waals surface area contributed by atoms with Gasteiger partial charge in [0.2, 0.25) is 5.91 Å². The molecular weight excluding hydrogens is 244 g/mol. The van der Waals surface area contributed by atoms with E-state index in [4.69, 9.17) is 0 Å². The highest BCUT2D eigenvalue weighted by atomic mass is 32.1. The zero-order chi connectivity index (χ0) is 12.6. The summed E-state index contributed by atoms with van der Waals surface area (Å²) in [5.41, 5.74) is 0.542. The molecule has 1 heterocycles. The van der Waals surface area contributed by atoms with Crippen LogP contribution in [0.5, 0.6) is 0 Å². The van der Waals surface area contributed by atoms with Crippen molar-refractivity contribution >= 4 is 17.2 Å². The van der Waals surface area contributed by atoms with E-state index in [1.807, 2.05) is 0 Å². The number of rotatable bonds is 2. The van der Waals surface area contributed by atoms with E-state index in [2.05, 4.69) is 22.8 Å². The van der Waals surface area contributed by atoms with Crippen molar-refractivity contribution in [3.8, 4) is 6.07 Å². The van der Waals surface area contributed by atoms with Gasteiger partial charge in [0.25, 0.3) is 0 Å². The van der Waals surface area contributed by atoms with Gasteiger partial charge in [-0.3, -0.25) is 4.79 Å². The zero-order valence-electron chi connectivity index (χ0n) is 10.2. The Hall–Kier alpha value is -1.34. The van der Waals surface area contributed by atoms with E-state index in [0.717, 1.165) is 38.5 Å². The number of fused-ring (bicyclic) bond motifs is 1. The predicted octanol–water partition coefficient (Wildman–Crippen LogP) is 2.94. The fraction of sp³-hybridized carbons (Fsp3) is 0.571. The van der Waals surface area contributed by atoms with Gasteiger partial charge in [0.05, 0.1) is 12.1 Å². The van der Waals surface area contributed by atoms with Crippen LogP contribution in [-0.4, -0.2) is 5.91 Å². The Morgan fingerprint density at radius 2 is 2.33 bits per heavy atom. The molecular formula is C14H16N2OS. The van der Waals surface area contributed by atoms with Gasteiger partial charge in [-0.15, -0.1) is 11.3 Å². The van der Waals surface area contributed by atoms with Crippen LogP contribution < -0.4 is 5.32 Å². The third kappa shape index (κ3) is 1.74. The summed E-state index contributed by atoms with van der Waals surface area (Å²) in [7, 11) is 0. The van der Waals surface area contributed by atoms with Gasteiger partial charge in [0.15, 0.2) is 0 Å². The van der Waals surface area contributed by atoms with Crippen molar-refractivity contribution in [1.82, 2.24) is 5.32 Å². The molecule has 2 aliphatic rings. The molecule has 0 aliphatic heterocycles. The number of nitrogens with zero attached hydrogens (tertiary/aromatic N) is 1. The predicted molar refractivity (Wildman–Crippen MR) is 70.0 cm³/mol. The van der Waals surface area contributed by atoms with Gasteiger partial charge in [0, 0.05) is 4.88 Å². The summed E-state index contributed by atoms with van der Waals surface area (Å²) >= 11 is 1.77. The van der Waals surface area contributed by atoms with Crippen molar-refractivity contribution in [3.63, 3.8) is 0 Å². The lowest BCUT2D eigenvalue weighted by Crippen LogP contribution is -2.46. The van der Waals surface area contributed by atoms with Crippen LogP contribution >= 0.6 is 11.3 Å². The molecule has 1 amide bonds. The minimum atomic E-state index is -0.729. The van der Waals surface area contributed by atoms with Crippen molar-refractivity contribution in [2.24, 2.45) is 5.41 Å².